The highest BCUT2D eigenvalue weighted by molar-refractivity contribution is 7.92. The summed E-state index contributed by atoms with van der Waals surface area (Å²) in [4.78, 5) is 23.0. The quantitative estimate of drug-likeness (QED) is 0.415. The molecule has 0 spiro atoms. The first kappa shape index (κ1) is 27.9. The minimum atomic E-state index is -4.88. The molecule has 4 rings (SSSR count). The first-order valence-corrected chi connectivity index (χ1v) is 12.2. The number of benzene rings is 1. The number of alkyl halides is 5. The maximum atomic E-state index is 13.6. The zero-order valence-electron chi connectivity index (χ0n) is 20.1. The average Bonchev–Trinajstić information content (AvgIpc) is 3.43. The molecule has 1 unspecified atom stereocenters. The second-order valence-electron chi connectivity index (χ2n) is 8.64. The summed E-state index contributed by atoms with van der Waals surface area (Å²) in [6.45, 7) is -1.27. The Labute approximate surface area is 215 Å². The number of hydrogen-bond donors (Lipinski definition) is 2. The Hall–Kier alpha value is -4.16. The van der Waals surface area contributed by atoms with Crippen molar-refractivity contribution in [2.24, 2.45) is 0 Å². The number of sulfonamides is 1. The predicted octanol–water partition coefficient (Wildman–Crippen LogP) is 3.48. The molecular weight excluding hydrogens is 563 g/mol. The van der Waals surface area contributed by atoms with Gasteiger partial charge in [-0.2, -0.15) is 27.1 Å². The first-order valence-electron chi connectivity index (χ1n) is 10.8. The summed E-state index contributed by atoms with van der Waals surface area (Å²) in [5.41, 5.74) is -3.53. The van der Waals surface area contributed by atoms with Crippen LogP contribution in [-0.4, -0.2) is 52.8 Å². The summed E-state index contributed by atoms with van der Waals surface area (Å²) in [6.07, 6.45) is -7.04. The van der Waals surface area contributed by atoms with Crippen molar-refractivity contribution >= 4 is 27.5 Å². The van der Waals surface area contributed by atoms with Gasteiger partial charge in [0.2, 0.25) is 5.60 Å². The highest BCUT2D eigenvalue weighted by atomic mass is 32.2. The number of hydrogen-bond acceptors (Lipinski definition) is 9. The Morgan fingerprint density at radius 1 is 1.28 bits per heavy atom. The third kappa shape index (κ3) is 5.38. The lowest BCUT2D eigenvalue weighted by Crippen LogP contribution is -2.44. The number of H-pyrrole nitrogens is 1. The van der Waals surface area contributed by atoms with Crippen molar-refractivity contribution in [1.82, 2.24) is 20.0 Å². The van der Waals surface area contributed by atoms with Crippen LogP contribution in [0.5, 0.6) is 5.75 Å². The van der Waals surface area contributed by atoms with E-state index < -0.39 is 57.7 Å². The average molecular weight is 582 g/mol. The van der Waals surface area contributed by atoms with Gasteiger partial charge in [-0.05, 0) is 39.0 Å². The summed E-state index contributed by atoms with van der Waals surface area (Å²) in [5.74, 6) is -1.43. The number of aromatic amines is 1. The monoisotopic (exact) mass is 582 g/mol. The maximum absolute atomic E-state index is 13.6. The van der Waals surface area contributed by atoms with Crippen molar-refractivity contribution in [2.75, 3.05) is 16.2 Å². The van der Waals surface area contributed by atoms with E-state index in [9.17, 15) is 40.0 Å². The maximum Gasteiger partial charge on any atom is 0.434 e. The summed E-state index contributed by atoms with van der Waals surface area (Å²) >= 11 is 0. The molecule has 13 nitrogen and oxygen atoms in total. The molecule has 1 aliphatic heterocycles. The minimum absolute atomic E-state index is 0.143. The van der Waals surface area contributed by atoms with Gasteiger partial charge < -0.3 is 13.9 Å². The molecule has 2 N–H and O–H groups in total. The molecule has 39 heavy (non-hydrogen) atoms. The number of ether oxygens (including phenoxy) is 2. The Balaban J connectivity index is 1.74. The number of aromatic nitrogens is 4. The zero-order valence-corrected chi connectivity index (χ0v) is 20.9. The fraction of sp³-hybridized carbons (Fsp3) is 0.400. The molecule has 0 saturated heterocycles. The third-order valence-electron chi connectivity index (χ3n) is 5.48. The first-order chi connectivity index (χ1) is 18.0. The molecule has 1 atom stereocenters. The van der Waals surface area contributed by atoms with Gasteiger partial charge in [0.15, 0.2) is 6.10 Å². The number of halogens is 5. The number of rotatable bonds is 6. The van der Waals surface area contributed by atoms with E-state index in [1.54, 1.807) is 0 Å². The molecule has 1 amide bonds. The fourth-order valence-corrected chi connectivity index (χ4v) is 5.06. The molecule has 0 bridgehead atoms. The molecule has 3 heterocycles. The number of aryl methyl sites for hydroxylation is 1. The second kappa shape index (κ2) is 9.54. The van der Waals surface area contributed by atoms with E-state index in [4.69, 9.17) is 9.15 Å². The van der Waals surface area contributed by atoms with Crippen LogP contribution in [0.3, 0.4) is 0 Å². The zero-order chi connectivity index (χ0) is 28.9. The van der Waals surface area contributed by atoms with Gasteiger partial charge in [0.1, 0.15) is 10.6 Å². The number of fused-ring (bicyclic) bond motifs is 1. The second-order valence-corrected chi connectivity index (χ2v) is 10.5. The van der Waals surface area contributed by atoms with Crippen molar-refractivity contribution in [1.29, 1.82) is 0 Å². The van der Waals surface area contributed by atoms with Crippen LogP contribution in [0.25, 0.3) is 0 Å². The standard InChI is InChI=1S/C20H19F5N6O7S/c1-9-14(8-30(29-9)16(21)22)39(34,35)31-7-13(15-27-28-18(33)37-15)36-12-5-4-10(6-11(12)31)26-17(32)38-19(2,3)20(23,24)25/h4-6,8,13,16H,7H2,1-3H3,(H,26,32)(H,28,33). The normalized spacial score (nSPS) is 16.1. The Morgan fingerprint density at radius 3 is 2.54 bits per heavy atom. The third-order valence-corrected chi connectivity index (χ3v) is 7.36. The molecule has 1 aromatic carbocycles. The Bertz CT molecular complexity index is 1560. The molecular formula is C20H19F5N6O7S. The van der Waals surface area contributed by atoms with Gasteiger partial charge in [0, 0.05) is 5.69 Å². The van der Waals surface area contributed by atoms with Gasteiger partial charge in [0.05, 0.1) is 24.1 Å². The van der Waals surface area contributed by atoms with Crippen molar-refractivity contribution in [3.05, 3.63) is 46.5 Å². The van der Waals surface area contributed by atoms with E-state index in [0.29, 0.717) is 24.3 Å². The number of carbonyl (C=O) groups is 1. The molecule has 212 valence electrons. The lowest BCUT2D eigenvalue weighted by Gasteiger charge is -2.34. The van der Waals surface area contributed by atoms with E-state index in [1.165, 1.54) is 19.1 Å². The number of nitrogens with zero attached hydrogens (tertiary/aromatic N) is 4. The van der Waals surface area contributed by atoms with E-state index in [0.717, 1.165) is 6.07 Å². The van der Waals surface area contributed by atoms with E-state index in [2.05, 4.69) is 20.3 Å². The van der Waals surface area contributed by atoms with Crippen molar-refractivity contribution in [3.63, 3.8) is 0 Å². The van der Waals surface area contributed by atoms with E-state index >= 15 is 0 Å². The lowest BCUT2D eigenvalue weighted by molar-refractivity contribution is -0.242. The van der Waals surface area contributed by atoms with Crippen LogP contribution < -0.4 is 20.1 Å². The molecule has 0 radical (unpaired) electrons. The van der Waals surface area contributed by atoms with Crippen molar-refractivity contribution in [3.8, 4) is 5.75 Å². The summed E-state index contributed by atoms with van der Waals surface area (Å²) < 4.78 is 109. The fourth-order valence-electron chi connectivity index (χ4n) is 3.43. The van der Waals surface area contributed by atoms with Gasteiger partial charge in [-0.15, -0.1) is 5.10 Å². The largest absolute Gasteiger partial charge is 0.476 e. The van der Waals surface area contributed by atoms with E-state index in [1.807, 2.05) is 5.10 Å². The van der Waals surface area contributed by atoms with Gasteiger partial charge >= 0.3 is 24.6 Å². The molecule has 0 fully saturated rings. The highest BCUT2D eigenvalue weighted by Crippen LogP contribution is 2.42. The van der Waals surface area contributed by atoms with E-state index in [-0.39, 0.29) is 33.4 Å². The van der Waals surface area contributed by atoms with Crippen LogP contribution in [0.1, 0.15) is 38.1 Å². The molecule has 0 aliphatic carbocycles. The van der Waals surface area contributed by atoms with Crippen LogP contribution in [0.15, 0.2) is 38.5 Å². The van der Waals surface area contributed by atoms with Gasteiger partial charge in [0.25, 0.3) is 15.9 Å². The number of anilines is 2. The van der Waals surface area contributed by atoms with Crippen LogP contribution in [0, 0.1) is 6.92 Å². The molecule has 3 aromatic rings. The summed E-state index contributed by atoms with van der Waals surface area (Å²) in [7, 11) is -4.66. The Kier molecular flexibility index (Phi) is 6.82. The van der Waals surface area contributed by atoms with Crippen LogP contribution in [0.4, 0.5) is 38.1 Å². The van der Waals surface area contributed by atoms with Gasteiger partial charge in [-0.3, -0.25) is 9.62 Å². The summed E-state index contributed by atoms with van der Waals surface area (Å²) in [6, 6.07) is 3.40. The predicted molar refractivity (Wildman–Crippen MR) is 120 cm³/mol. The molecule has 2 aromatic heterocycles. The number of nitrogens with one attached hydrogen (secondary N) is 2. The number of carbonyl (C=O) groups excluding carboxylic acids is 1. The highest BCUT2D eigenvalue weighted by Gasteiger charge is 2.51. The molecule has 0 saturated carbocycles. The van der Waals surface area contributed by atoms with Crippen LogP contribution in [0.2, 0.25) is 0 Å². The van der Waals surface area contributed by atoms with Crippen molar-refractivity contribution < 1.29 is 49.1 Å². The van der Waals surface area contributed by atoms with Gasteiger partial charge in [-0.25, -0.2) is 27.8 Å². The van der Waals surface area contributed by atoms with Crippen molar-refractivity contribution in [2.45, 2.75) is 50.1 Å². The lowest BCUT2D eigenvalue weighted by atomic mass is 10.1. The SMILES string of the molecule is Cc1nn(C(F)F)cc1S(=O)(=O)N1CC(c2n[nH]c(=O)o2)Oc2ccc(NC(=O)OC(C)(C)C(F)(F)F)cc21. The molecule has 19 heteroatoms. The molecule has 1 aliphatic rings. The van der Waals surface area contributed by atoms with Crippen LogP contribution in [-0.2, 0) is 14.8 Å². The number of amides is 1. The summed E-state index contributed by atoms with van der Waals surface area (Å²) in [5, 5.41) is 11.2. The minimum Gasteiger partial charge on any atom is -0.476 e. The smallest absolute Gasteiger partial charge is 0.434 e. The van der Waals surface area contributed by atoms with Crippen LogP contribution >= 0.6 is 0 Å². The topological polar surface area (TPSA) is 162 Å². The Morgan fingerprint density at radius 2 is 1.97 bits per heavy atom. The van der Waals surface area contributed by atoms with Gasteiger partial charge in [-0.1, -0.05) is 0 Å².